The van der Waals surface area contributed by atoms with Crippen LogP contribution in [0.25, 0.3) is 0 Å². The monoisotopic (exact) mass is 364 g/mol. The van der Waals surface area contributed by atoms with E-state index in [2.05, 4.69) is 10.0 Å². The van der Waals surface area contributed by atoms with Gasteiger partial charge in [0.25, 0.3) is 10.0 Å². The molecule has 2 aromatic carbocycles. The zero-order valence-electron chi connectivity index (χ0n) is 11.6. The molecular formula is C14H12ClF3N2O2S. The van der Waals surface area contributed by atoms with Crippen LogP contribution in [0.15, 0.2) is 53.4 Å². The van der Waals surface area contributed by atoms with E-state index in [4.69, 9.17) is 11.6 Å². The summed E-state index contributed by atoms with van der Waals surface area (Å²) in [6.45, 7) is -1.27. The molecule has 0 radical (unpaired) electrons. The Balaban J connectivity index is 2.26. The third-order valence-corrected chi connectivity index (χ3v) is 4.36. The maximum atomic E-state index is 12.3. The van der Waals surface area contributed by atoms with E-state index in [0.29, 0.717) is 0 Å². The van der Waals surface area contributed by atoms with Gasteiger partial charge in [0.05, 0.1) is 16.3 Å². The van der Waals surface area contributed by atoms with Crippen molar-refractivity contribution in [3.8, 4) is 0 Å². The van der Waals surface area contributed by atoms with Gasteiger partial charge in [0, 0.05) is 5.02 Å². The number of anilines is 2. The normalized spacial score (nSPS) is 12.0. The molecule has 0 spiro atoms. The molecule has 0 fully saturated rings. The second-order valence-electron chi connectivity index (χ2n) is 4.58. The standard InChI is InChI=1S/C14H12ClF3N2O2S/c15-10-4-3-5-11(8-10)23(21,22)20-13-7-2-1-6-12(13)19-9-14(16,17)18/h1-8,19-20H,9H2. The Morgan fingerprint density at radius 2 is 1.65 bits per heavy atom. The lowest BCUT2D eigenvalue weighted by Gasteiger charge is -2.15. The molecule has 0 saturated heterocycles. The highest BCUT2D eigenvalue weighted by atomic mass is 35.5. The number of para-hydroxylation sites is 2. The Morgan fingerprint density at radius 3 is 2.26 bits per heavy atom. The number of sulfonamides is 1. The molecule has 0 bridgehead atoms. The van der Waals surface area contributed by atoms with Gasteiger partial charge < -0.3 is 5.32 Å². The molecule has 0 aliphatic rings. The Labute approximate surface area is 136 Å². The van der Waals surface area contributed by atoms with Crippen LogP contribution in [0.1, 0.15) is 0 Å². The summed E-state index contributed by atoms with van der Waals surface area (Å²) in [5.41, 5.74) is 0.0344. The van der Waals surface area contributed by atoms with Crippen LogP contribution in [-0.2, 0) is 10.0 Å². The maximum Gasteiger partial charge on any atom is 0.405 e. The first kappa shape index (κ1) is 17.4. The van der Waals surface area contributed by atoms with Gasteiger partial charge >= 0.3 is 6.18 Å². The average Bonchev–Trinajstić information content (AvgIpc) is 2.45. The first-order valence-corrected chi connectivity index (χ1v) is 8.21. The molecule has 2 rings (SSSR count). The van der Waals surface area contributed by atoms with Gasteiger partial charge in [-0.1, -0.05) is 29.8 Å². The lowest BCUT2D eigenvalue weighted by atomic mass is 10.3. The lowest BCUT2D eigenvalue weighted by Crippen LogP contribution is -2.22. The summed E-state index contributed by atoms with van der Waals surface area (Å²) in [6.07, 6.45) is -4.42. The lowest BCUT2D eigenvalue weighted by molar-refractivity contribution is -0.115. The largest absolute Gasteiger partial charge is 0.405 e. The predicted octanol–water partition coefficient (Wildman–Crippen LogP) is 4.12. The minimum absolute atomic E-state index is 0.0109. The van der Waals surface area contributed by atoms with Crippen molar-refractivity contribution >= 4 is 33.0 Å². The Morgan fingerprint density at radius 1 is 1.00 bits per heavy atom. The highest BCUT2D eigenvalue weighted by molar-refractivity contribution is 7.92. The molecule has 0 atom stereocenters. The zero-order valence-corrected chi connectivity index (χ0v) is 13.1. The van der Waals surface area contributed by atoms with Gasteiger partial charge in [-0.3, -0.25) is 4.72 Å². The fourth-order valence-corrected chi connectivity index (χ4v) is 3.14. The van der Waals surface area contributed by atoms with Gasteiger partial charge in [0.15, 0.2) is 0 Å². The molecule has 0 aliphatic carbocycles. The number of halogens is 4. The van der Waals surface area contributed by atoms with E-state index in [-0.39, 0.29) is 21.3 Å². The second kappa shape index (κ2) is 6.67. The quantitative estimate of drug-likeness (QED) is 0.839. The smallest absolute Gasteiger partial charge is 0.375 e. The summed E-state index contributed by atoms with van der Waals surface area (Å²) in [5.74, 6) is 0. The fourth-order valence-electron chi connectivity index (χ4n) is 1.76. The summed E-state index contributed by atoms with van der Waals surface area (Å²) in [7, 11) is -3.97. The van der Waals surface area contributed by atoms with Crippen LogP contribution in [0.5, 0.6) is 0 Å². The first-order chi connectivity index (χ1) is 10.7. The fraction of sp³-hybridized carbons (Fsp3) is 0.143. The summed E-state index contributed by atoms with van der Waals surface area (Å²) in [6, 6.07) is 11.3. The van der Waals surface area contributed by atoms with Crippen LogP contribution in [0.3, 0.4) is 0 Å². The molecule has 0 amide bonds. The SMILES string of the molecule is O=S(=O)(Nc1ccccc1NCC(F)(F)F)c1cccc(Cl)c1. The van der Waals surface area contributed by atoms with Crippen LogP contribution in [0.2, 0.25) is 5.02 Å². The summed E-state index contributed by atoms with van der Waals surface area (Å²) >= 11 is 5.76. The number of nitrogens with one attached hydrogen (secondary N) is 2. The number of alkyl halides is 3. The number of hydrogen-bond donors (Lipinski definition) is 2. The van der Waals surface area contributed by atoms with Gasteiger partial charge in [-0.15, -0.1) is 0 Å². The van der Waals surface area contributed by atoms with E-state index in [9.17, 15) is 21.6 Å². The average molecular weight is 365 g/mol. The van der Waals surface area contributed by atoms with Crippen LogP contribution < -0.4 is 10.0 Å². The molecule has 124 valence electrons. The Hall–Kier alpha value is -1.93. The summed E-state index contributed by atoms with van der Waals surface area (Å²) < 4.78 is 63.7. The zero-order chi connectivity index (χ0) is 17.1. The van der Waals surface area contributed by atoms with Crippen molar-refractivity contribution in [1.29, 1.82) is 0 Å². The van der Waals surface area contributed by atoms with Gasteiger partial charge in [0.2, 0.25) is 0 Å². The van der Waals surface area contributed by atoms with Crippen molar-refractivity contribution in [1.82, 2.24) is 0 Å². The number of benzene rings is 2. The second-order valence-corrected chi connectivity index (χ2v) is 6.70. The summed E-state index contributed by atoms with van der Waals surface area (Å²) in [4.78, 5) is -0.0874. The van der Waals surface area contributed by atoms with Crippen molar-refractivity contribution in [2.75, 3.05) is 16.6 Å². The molecule has 0 aromatic heterocycles. The van der Waals surface area contributed by atoms with E-state index in [0.717, 1.165) is 0 Å². The molecule has 9 heteroatoms. The van der Waals surface area contributed by atoms with E-state index >= 15 is 0 Å². The summed E-state index contributed by atoms with van der Waals surface area (Å²) in [5, 5.41) is 2.39. The topological polar surface area (TPSA) is 58.2 Å². The van der Waals surface area contributed by atoms with Gasteiger partial charge in [0.1, 0.15) is 6.54 Å². The van der Waals surface area contributed by atoms with Gasteiger partial charge in [-0.25, -0.2) is 8.42 Å². The minimum atomic E-state index is -4.42. The van der Waals surface area contributed by atoms with E-state index < -0.39 is 22.7 Å². The molecule has 23 heavy (non-hydrogen) atoms. The van der Waals surface area contributed by atoms with E-state index in [1.165, 1.54) is 48.5 Å². The predicted molar refractivity (Wildman–Crippen MR) is 83.2 cm³/mol. The molecular weight excluding hydrogens is 353 g/mol. The Kier molecular flexibility index (Phi) is 5.06. The molecule has 2 N–H and O–H groups in total. The van der Waals surface area contributed by atoms with Gasteiger partial charge in [-0.2, -0.15) is 13.2 Å². The molecule has 2 aromatic rings. The first-order valence-electron chi connectivity index (χ1n) is 6.35. The molecule has 0 unspecified atom stereocenters. The Bertz CT molecular complexity index is 795. The van der Waals surface area contributed by atoms with E-state index in [1.807, 2.05) is 0 Å². The highest BCUT2D eigenvalue weighted by Crippen LogP contribution is 2.26. The van der Waals surface area contributed by atoms with Crippen LogP contribution in [-0.4, -0.2) is 21.1 Å². The molecule has 4 nitrogen and oxygen atoms in total. The highest BCUT2D eigenvalue weighted by Gasteiger charge is 2.27. The van der Waals surface area contributed by atoms with Crippen molar-refractivity contribution in [2.24, 2.45) is 0 Å². The minimum Gasteiger partial charge on any atom is -0.375 e. The number of hydrogen-bond acceptors (Lipinski definition) is 3. The van der Waals surface area contributed by atoms with Crippen LogP contribution in [0, 0.1) is 0 Å². The number of rotatable bonds is 5. The van der Waals surface area contributed by atoms with Crippen molar-refractivity contribution in [3.63, 3.8) is 0 Å². The molecule has 0 aliphatic heterocycles. The maximum absolute atomic E-state index is 12.3. The molecule has 0 heterocycles. The van der Waals surface area contributed by atoms with Crippen LogP contribution in [0.4, 0.5) is 24.5 Å². The van der Waals surface area contributed by atoms with Crippen molar-refractivity contribution in [2.45, 2.75) is 11.1 Å². The van der Waals surface area contributed by atoms with E-state index in [1.54, 1.807) is 0 Å². The molecule has 0 saturated carbocycles. The third-order valence-electron chi connectivity index (χ3n) is 2.76. The van der Waals surface area contributed by atoms with Gasteiger partial charge in [-0.05, 0) is 30.3 Å². The third kappa shape index (κ3) is 5.04. The van der Waals surface area contributed by atoms with Crippen LogP contribution >= 0.6 is 11.6 Å². The van der Waals surface area contributed by atoms with Crippen molar-refractivity contribution < 1.29 is 21.6 Å². The van der Waals surface area contributed by atoms with Crippen molar-refractivity contribution in [3.05, 3.63) is 53.6 Å².